The molecule has 0 radical (unpaired) electrons. The predicted octanol–water partition coefficient (Wildman–Crippen LogP) is 3.01. The predicted molar refractivity (Wildman–Crippen MR) is 66.0 cm³/mol. The minimum atomic E-state index is -4.76. The number of rotatable bonds is 4. The molecular formula is C10H13Cl2F3N2O. The first kappa shape index (κ1) is 17.3. The molecule has 1 aromatic carbocycles. The zero-order chi connectivity index (χ0) is 13.1. The lowest BCUT2D eigenvalue weighted by Gasteiger charge is -2.14. The molecule has 1 atom stereocenters. The Morgan fingerprint density at radius 1 is 1.33 bits per heavy atom. The molecule has 0 spiro atoms. The Bertz CT molecular complexity index is 388. The van der Waals surface area contributed by atoms with E-state index in [4.69, 9.17) is 23.1 Å². The van der Waals surface area contributed by atoms with Gasteiger partial charge in [0.25, 0.3) is 0 Å². The molecule has 4 N–H and O–H groups in total. The molecule has 0 aliphatic rings. The average Bonchev–Trinajstić information content (AvgIpc) is 2.19. The van der Waals surface area contributed by atoms with Crippen LogP contribution in [-0.4, -0.2) is 12.9 Å². The number of benzene rings is 1. The lowest BCUT2D eigenvalue weighted by molar-refractivity contribution is -0.274. The zero-order valence-electron chi connectivity index (χ0n) is 9.21. The Kier molecular flexibility index (Phi) is 6.77. The highest BCUT2D eigenvalue weighted by atomic mass is 35.5. The van der Waals surface area contributed by atoms with Crippen LogP contribution in [0.15, 0.2) is 18.2 Å². The van der Waals surface area contributed by atoms with Gasteiger partial charge in [-0.3, -0.25) is 0 Å². The van der Waals surface area contributed by atoms with Gasteiger partial charge in [0.05, 0.1) is 5.02 Å². The van der Waals surface area contributed by atoms with Crippen LogP contribution in [0.5, 0.6) is 5.75 Å². The SMILES string of the molecule is Cl.NCC[C@@H](N)c1ccc(OC(F)(F)F)c(Cl)c1. The molecule has 0 unspecified atom stereocenters. The van der Waals surface area contributed by atoms with Gasteiger partial charge in [0.15, 0.2) is 0 Å². The standard InChI is InChI=1S/C10H12ClF3N2O.ClH/c11-7-5-6(8(16)3-4-15)1-2-9(7)17-10(12,13)14;/h1-2,5,8H,3-4,15-16H2;1H/t8-;/m1./s1. The molecule has 18 heavy (non-hydrogen) atoms. The largest absolute Gasteiger partial charge is 0.573 e. The molecule has 8 heteroatoms. The first-order valence-corrected chi connectivity index (χ1v) is 5.22. The second-order valence-electron chi connectivity index (χ2n) is 3.42. The quantitative estimate of drug-likeness (QED) is 0.899. The maximum atomic E-state index is 12.0. The smallest absolute Gasteiger partial charge is 0.404 e. The number of alkyl halides is 3. The van der Waals surface area contributed by atoms with Crippen LogP contribution in [-0.2, 0) is 0 Å². The van der Waals surface area contributed by atoms with E-state index in [-0.39, 0.29) is 23.5 Å². The number of nitrogens with two attached hydrogens (primary N) is 2. The van der Waals surface area contributed by atoms with Crippen molar-refractivity contribution in [2.45, 2.75) is 18.8 Å². The molecule has 0 saturated heterocycles. The maximum Gasteiger partial charge on any atom is 0.573 e. The second-order valence-corrected chi connectivity index (χ2v) is 3.83. The van der Waals surface area contributed by atoms with Gasteiger partial charge in [0, 0.05) is 6.04 Å². The summed E-state index contributed by atoms with van der Waals surface area (Å²) in [5, 5.41) is -0.132. The van der Waals surface area contributed by atoms with Crippen molar-refractivity contribution in [2.24, 2.45) is 11.5 Å². The van der Waals surface area contributed by atoms with E-state index in [0.717, 1.165) is 6.07 Å². The van der Waals surface area contributed by atoms with Crippen LogP contribution in [0.25, 0.3) is 0 Å². The van der Waals surface area contributed by atoms with Crippen molar-refractivity contribution in [3.63, 3.8) is 0 Å². The molecule has 0 aromatic heterocycles. The monoisotopic (exact) mass is 304 g/mol. The lowest BCUT2D eigenvalue weighted by Crippen LogP contribution is -2.18. The highest BCUT2D eigenvalue weighted by Gasteiger charge is 2.32. The van der Waals surface area contributed by atoms with Crippen LogP contribution in [0.3, 0.4) is 0 Å². The van der Waals surface area contributed by atoms with Gasteiger partial charge < -0.3 is 16.2 Å². The van der Waals surface area contributed by atoms with Crippen molar-refractivity contribution in [3.8, 4) is 5.75 Å². The van der Waals surface area contributed by atoms with Gasteiger partial charge in [-0.25, -0.2) is 0 Å². The number of hydrogen-bond donors (Lipinski definition) is 2. The van der Waals surface area contributed by atoms with Crippen LogP contribution in [0.1, 0.15) is 18.0 Å². The Morgan fingerprint density at radius 3 is 2.39 bits per heavy atom. The minimum absolute atomic E-state index is 0. The minimum Gasteiger partial charge on any atom is -0.404 e. The van der Waals surface area contributed by atoms with E-state index in [2.05, 4.69) is 4.74 Å². The van der Waals surface area contributed by atoms with Crippen molar-refractivity contribution in [3.05, 3.63) is 28.8 Å². The summed E-state index contributed by atoms with van der Waals surface area (Å²) < 4.78 is 39.7. The number of ether oxygens (including phenoxy) is 1. The third-order valence-corrected chi connectivity index (χ3v) is 2.38. The summed E-state index contributed by atoms with van der Waals surface area (Å²) in [6, 6.07) is 3.58. The second kappa shape index (κ2) is 7.04. The molecule has 1 rings (SSSR count). The molecule has 104 valence electrons. The molecule has 0 aliphatic heterocycles. The third kappa shape index (κ3) is 5.30. The van der Waals surface area contributed by atoms with Crippen molar-refractivity contribution in [2.75, 3.05) is 6.54 Å². The zero-order valence-corrected chi connectivity index (χ0v) is 10.8. The molecule has 3 nitrogen and oxygen atoms in total. The van der Waals surface area contributed by atoms with Gasteiger partial charge in [0.1, 0.15) is 5.75 Å². The van der Waals surface area contributed by atoms with Crippen LogP contribution in [0.2, 0.25) is 5.02 Å². The summed E-state index contributed by atoms with van der Waals surface area (Å²) in [6.45, 7) is 0.388. The molecule has 0 aliphatic carbocycles. The van der Waals surface area contributed by atoms with Crippen LogP contribution in [0.4, 0.5) is 13.2 Å². The summed E-state index contributed by atoms with van der Waals surface area (Å²) in [7, 11) is 0. The molecule has 0 bridgehead atoms. The van der Waals surface area contributed by atoms with Gasteiger partial charge in [0.2, 0.25) is 0 Å². The summed E-state index contributed by atoms with van der Waals surface area (Å²) in [5.74, 6) is -0.442. The van der Waals surface area contributed by atoms with Crippen molar-refractivity contribution >= 4 is 24.0 Å². The molecule has 1 aromatic rings. The fourth-order valence-electron chi connectivity index (χ4n) is 1.30. The van der Waals surface area contributed by atoms with E-state index >= 15 is 0 Å². The van der Waals surface area contributed by atoms with Crippen LogP contribution in [0, 0.1) is 0 Å². The summed E-state index contributed by atoms with van der Waals surface area (Å²) in [6.07, 6.45) is -4.24. The highest BCUT2D eigenvalue weighted by Crippen LogP contribution is 2.32. The maximum absolute atomic E-state index is 12.0. The molecule has 0 saturated carbocycles. The van der Waals surface area contributed by atoms with Gasteiger partial charge in [-0.2, -0.15) is 0 Å². The summed E-state index contributed by atoms with van der Waals surface area (Å²) >= 11 is 5.67. The Morgan fingerprint density at radius 2 is 1.94 bits per heavy atom. The number of halogens is 5. The van der Waals surface area contributed by atoms with E-state index in [1.54, 1.807) is 0 Å². The Balaban J connectivity index is 0.00000289. The Hall–Kier alpha value is -0.690. The van der Waals surface area contributed by atoms with Crippen molar-refractivity contribution in [1.29, 1.82) is 0 Å². The summed E-state index contributed by atoms with van der Waals surface area (Å²) in [5.41, 5.74) is 11.7. The van der Waals surface area contributed by atoms with Gasteiger partial charge in [-0.05, 0) is 30.7 Å². The van der Waals surface area contributed by atoms with E-state index in [0.29, 0.717) is 18.5 Å². The molecule has 0 heterocycles. The van der Waals surface area contributed by atoms with E-state index in [1.165, 1.54) is 12.1 Å². The average molecular weight is 305 g/mol. The fraction of sp³-hybridized carbons (Fsp3) is 0.400. The molecule has 0 fully saturated rings. The molecule has 0 amide bonds. The normalized spacial score (nSPS) is 12.8. The topological polar surface area (TPSA) is 61.3 Å². The highest BCUT2D eigenvalue weighted by molar-refractivity contribution is 6.32. The van der Waals surface area contributed by atoms with Gasteiger partial charge >= 0.3 is 6.36 Å². The number of hydrogen-bond acceptors (Lipinski definition) is 3. The van der Waals surface area contributed by atoms with Crippen LogP contribution >= 0.6 is 24.0 Å². The molecular weight excluding hydrogens is 292 g/mol. The van der Waals surface area contributed by atoms with Crippen molar-refractivity contribution in [1.82, 2.24) is 0 Å². The van der Waals surface area contributed by atoms with Gasteiger partial charge in [-0.15, -0.1) is 25.6 Å². The van der Waals surface area contributed by atoms with Crippen LogP contribution < -0.4 is 16.2 Å². The lowest BCUT2D eigenvalue weighted by atomic mass is 10.0. The first-order valence-electron chi connectivity index (χ1n) is 4.84. The van der Waals surface area contributed by atoms with E-state index in [9.17, 15) is 13.2 Å². The summed E-state index contributed by atoms with van der Waals surface area (Å²) in [4.78, 5) is 0. The van der Waals surface area contributed by atoms with E-state index < -0.39 is 12.1 Å². The fourth-order valence-corrected chi connectivity index (χ4v) is 1.53. The first-order chi connectivity index (χ1) is 7.83. The van der Waals surface area contributed by atoms with Gasteiger partial charge in [-0.1, -0.05) is 17.7 Å². The Labute approximate surface area is 114 Å². The van der Waals surface area contributed by atoms with Crippen molar-refractivity contribution < 1.29 is 17.9 Å². The van der Waals surface area contributed by atoms with E-state index in [1.807, 2.05) is 0 Å². The third-order valence-electron chi connectivity index (χ3n) is 2.09.